The van der Waals surface area contributed by atoms with Gasteiger partial charge in [-0.3, -0.25) is 4.90 Å². The van der Waals surface area contributed by atoms with Gasteiger partial charge in [-0.15, -0.1) is 0 Å². The summed E-state index contributed by atoms with van der Waals surface area (Å²) >= 11 is 1.64. The third-order valence-corrected chi connectivity index (χ3v) is 7.16. The molecule has 2 heterocycles. The van der Waals surface area contributed by atoms with Crippen LogP contribution in [-0.2, 0) is 9.47 Å². The van der Waals surface area contributed by atoms with Gasteiger partial charge in [0.15, 0.2) is 5.13 Å². The average Bonchev–Trinajstić information content (AvgIpc) is 3.11. The molecule has 5 nitrogen and oxygen atoms in total. The number of thiazole rings is 1. The minimum Gasteiger partial charge on any atom is -0.494 e. The largest absolute Gasteiger partial charge is 0.494 e. The molecule has 0 unspecified atom stereocenters. The van der Waals surface area contributed by atoms with Crippen molar-refractivity contribution in [3.05, 3.63) is 54.7 Å². The highest BCUT2D eigenvalue weighted by Crippen LogP contribution is 2.32. The quantitative estimate of drug-likeness (QED) is 0.168. The second-order valence-electron chi connectivity index (χ2n) is 8.00. The molecule has 1 aromatic carbocycles. The summed E-state index contributed by atoms with van der Waals surface area (Å²) in [5.74, 6) is 1.43. The number of fused-ring (bicyclic) bond motifs is 1. The van der Waals surface area contributed by atoms with Gasteiger partial charge in [0.05, 0.1) is 16.8 Å². The van der Waals surface area contributed by atoms with Gasteiger partial charge in [-0.2, -0.15) is 0 Å². The minimum atomic E-state index is -1.14. The first-order valence-corrected chi connectivity index (χ1v) is 14.4. The fourth-order valence-electron chi connectivity index (χ4n) is 2.70. The van der Waals surface area contributed by atoms with Crippen molar-refractivity contribution < 1.29 is 9.47 Å². The Morgan fingerprint density at radius 1 is 1.17 bits per heavy atom. The number of ether oxygens (including phenoxy) is 2. The summed E-state index contributed by atoms with van der Waals surface area (Å²) in [5.41, 5.74) is 1.86. The summed E-state index contributed by atoms with van der Waals surface area (Å²) < 4.78 is 12.7. The number of pyridine rings is 1. The number of benzene rings is 1. The van der Waals surface area contributed by atoms with E-state index in [-0.39, 0.29) is 0 Å². The summed E-state index contributed by atoms with van der Waals surface area (Å²) in [6, 6.07) is 13.2. The maximum absolute atomic E-state index is 6.04. The van der Waals surface area contributed by atoms with E-state index in [0.29, 0.717) is 19.1 Å². The van der Waals surface area contributed by atoms with Crippen LogP contribution in [0.15, 0.2) is 49.2 Å². The predicted molar refractivity (Wildman–Crippen MR) is 126 cm³/mol. The van der Waals surface area contributed by atoms with Crippen molar-refractivity contribution in [1.29, 1.82) is 0 Å². The number of hydrogen-bond donors (Lipinski definition) is 0. The van der Waals surface area contributed by atoms with Crippen LogP contribution in [-0.4, -0.2) is 38.0 Å². The van der Waals surface area contributed by atoms with Gasteiger partial charge >= 0.3 is 0 Å². The summed E-state index contributed by atoms with van der Waals surface area (Å²) in [4.78, 5) is 11.5. The molecule has 0 bridgehead atoms. The summed E-state index contributed by atoms with van der Waals surface area (Å²) in [6.45, 7) is 14.7. The van der Waals surface area contributed by atoms with Crippen LogP contribution in [0.1, 0.15) is 12.5 Å². The summed E-state index contributed by atoms with van der Waals surface area (Å²) in [5, 5.41) is 0.878. The Morgan fingerprint density at radius 2 is 1.97 bits per heavy atom. The maximum atomic E-state index is 6.04. The van der Waals surface area contributed by atoms with Gasteiger partial charge in [0.1, 0.15) is 18.3 Å². The molecule has 0 aliphatic heterocycles. The second-order valence-corrected chi connectivity index (χ2v) is 14.6. The van der Waals surface area contributed by atoms with Crippen LogP contribution in [0.25, 0.3) is 16.0 Å². The third-order valence-electron chi connectivity index (χ3n) is 4.40. The van der Waals surface area contributed by atoms with E-state index in [4.69, 9.17) is 14.5 Å². The molecule has 0 spiro atoms. The van der Waals surface area contributed by atoms with Gasteiger partial charge in [0, 0.05) is 26.4 Å². The maximum Gasteiger partial charge on any atom is 0.194 e. The van der Waals surface area contributed by atoms with Gasteiger partial charge < -0.3 is 9.47 Å². The highest BCUT2D eigenvalue weighted by atomic mass is 32.1. The Balaban J connectivity index is 1.83. The van der Waals surface area contributed by atoms with Crippen molar-refractivity contribution in [2.45, 2.75) is 32.6 Å². The van der Waals surface area contributed by atoms with Crippen molar-refractivity contribution in [2.24, 2.45) is 0 Å². The van der Waals surface area contributed by atoms with Crippen molar-refractivity contribution in [2.75, 3.05) is 24.8 Å². The van der Waals surface area contributed by atoms with Crippen LogP contribution in [0.4, 0.5) is 10.9 Å². The zero-order chi connectivity index (χ0) is 20.9. The third kappa shape index (κ3) is 5.88. The molecule has 0 N–H and O–H groups in total. The molecule has 0 amide bonds. The Hall–Kier alpha value is -2.22. The SMILES string of the molecule is C=C(OCC)c1ccc(N(COCC[Si](C)(C)C)c2nc3ccccc3s2)nc1. The molecule has 0 atom stereocenters. The predicted octanol–water partition coefficient (Wildman–Crippen LogP) is 6.15. The Morgan fingerprint density at radius 3 is 2.62 bits per heavy atom. The van der Waals surface area contributed by atoms with Gasteiger partial charge in [-0.25, -0.2) is 9.97 Å². The Kier molecular flexibility index (Phi) is 7.05. The van der Waals surface area contributed by atoms with Crippen LogP contribution < -0.4 is 4.90 Å². The Bertz CT molecular complexity index is 918. The van der Waals surface area contributed by atoms with Crippen LogP contribution in [0.3, 0.4) is 0 Å². The van der Waals surface area contributed by atoms with Gasteiger partial charge in [-0.05, 0) is 37.2 Å². The molecular weight excluding hydrogens is 398 g/mol. The van der Waals surface area contributed by atoms with Crippen molar-refractivity contribution in [1.82, 2.24) is 9.97 Å². The number of para-hydroxylation sites is 1. The molecule has 3 aromatic rings. The van der Waals surface area contributed by atoms with Crippen molar-refractivity contribution in [3.8, 4) is 0 Å². The number of rotatable bonds is 10. The van der Waals surface area contributed by atoms with Gasteiger partial charge in [0.25, 0.3) is 0 Å². The fourth-order valence-corrected chi connectivity index (χ4v) is 4.42. The molecule has 0 saturated heterocycles. The van der Waals surface area contributed by atoms with E-state index < -0.39 is 8.07 Å². The monoisotopic (exact) mass is 427 g/mol. The first kappa shape index (κ1) is 21.5. The first-order chi connectivity index (χ1) is 13.9. The van der Waals surface area contributed by atoms with E-state index in [2.05, 4.69) is 37.3 Å². The van der Waals surface area contributed by atoms with Gasteiger partial charge in [-0.1, -0.05) is 49.7 Å². The smallest absolute Gasteiger partial charge is 0.194 e. The van der Waals surface area contributed by atoms with E-state index >= 15 is 0 Å². The molecule has 0 aliphatic rings. The van der Waals surface area contributed by atoms with Crippen molar-refractivity contribution >= 4 is 46.3 Å². The number of aromatic nitrogens is 2. The topological polar surface area (TPSA) is 47.5 Å². The fraction of sp³-hybridized carbons (Fsp3) is 0.364. The average molecular weight is 428 g/mol. The number of anilines is 2. The number of nitrogens with zero attached hydrogens (tertiary/aromatic N) is 3. The molecule has 154 valence electrons. The zero-order valence-corrected chi connectivity index (χ0v) is 19.5. The lowest BCUT2D eigenvalue weighted by atomic mass is 10.2. The van der Waals surface area contributed by atoms with E-state index in [1.807, 2.05) is 42.2 Å². The molecule has 2 aromatic heterocycles. The highest BCUT2D eigenvalue weighted by Gasteiger charge is 2.18. The van der Waals surface area contributed by atoms with E-state index in [1.54, 1.807) is 17.5 Å². The summed E-state index contributed by atoms with van der Waals surface area (Å²) in [6.07, 6.45) is 1.79. The van der Waals surface area contributed by atoms with Crippen LogP contribution in [0.2, 0.25) is 25.7 Å². The van der Waals surface area contributed by atoms with E-state index in [9.17, 15) is 0 Å². The molecule has 29 heavy (non-hydrogen) atoms. The zero-order valence-electron chi connectivity index (χ0n) is 17.6. The molecule has 3 rings (SSSR count). The summed E-state index contributed by atoms with van der Waals surface area (Å²) in [7, 11) is -1.14. The van der Waals surface area contributed by atoms with E-state index in [1.165, 1.54) is 0 Å². The number of hydrogen-bond acceptors (Lipinski definition) is 6. The minimum absolute atomic E-state index is 0.420. The Labute approximate surface area is 178 Å². The van der Waals surface area contributed by atoms with E-state index in [0.717, 1.165) is 39.4 Å². The lowest BCUT2D eigenvalue weighted by molar-refractivity contribution is 0.153. The highest BCUT2D eigenvalue weighted by molar-refractivity contribution is 7.22. The van der Waals surface area contributed by atoms with Crippen LogP contribution in [0, 0.1) is 0 Å². The second kappa shape index (κ2) is 9.52. The van der Waals surface area contributed by atoms with Gasteiger partial charge in [0.2, 0.25) is 0 Å². The molecule has 0 aliphatic carbocycles. The standard InChI is InChI=1S/C22H29N3O2SSi/c1-6-27-17(2)18-11-12-21(23-15-18)25(16-26-13-14-29(3,4)5)22-24-19-9-7-8-10-20(19)28-22/h7-12,15H,2,6,13-14,16H2,1,3-5H3. The molecule has 7 heteroatoms. The molecule has 0 radical (unpaired) electrons. The first-order valence-electron chi connectivity index (χ1n) is 9.86. The van der Waals surface area contributed by atoms with Crippen LogP contribution in [0.5, 0.6) is 0 Å². The lowest BCUT2D eigenvalue weighted by Gasteiger charge is -2.22. The van der Waals surface area contributed by atoms with Crippen LogP contribution >= 0.6 is 11.3 Å². The molecule has 0 saturated carbocycles. The lowest BCUT2D eigenvalue weighted by Crippen LogP contribution is -2.26. The normalized spacial score (nSPS) is 11.6. The van der Waals surface area contributed by atoms with Crippen molar-refractivity contribution in [3.63, 3.8) is 0 Å². The molecular formula is C22H29N3O2SSi. The molecule has 0 fully saturated rings.